The molecule has 0 bridgehead atoms. The molecule has 4 nitrogen and oxygen atoms in total. The molecule has 0 fully saturated rings. The number of benzene rings is 2. The maximum Gasteiger partial charge on any atom is 0.187 e. The maximum absolute atomic E-state index is 11.2. The average molecular weight is 290 g/mol. The topological polar surface area (TPSA) is 44.1 Å². The second-order valence-corrected chi connectivity index (χ2v) is 5.51. The van der Waals surface area contributed by atoms with Crippen LogP contribution in [-0.2, 0) is 7.05 Å². The summed E-state index contributed by atoms with van der Waals surface area (Å²) in [6.07, 6.45) is 1.79. The first-order valence-corrected chi connectivity index (χ1v) is 7.08. The van der Waals surface area contributed by atoms with Crippen molar-refractivity contribution in [2.24, 2.45) is 7.05 Å². The minimum absolute atomic E-state index is 0.119. The Morgan fingerprint density at radius 1 is 1.09 bits per heavy atom. The standard InChI is InChI=1S/C18H14N2O2/c1-11-7-12(14-9-17(14)21)3-6-18(11)22-13-4-5-16-15(8-13)19-10-20(16)2/h3-10H,1-2H3. The Morgan fingerprint density at radius 3 is 2.64 bits per heavy atom. The third-order valence-electron chi connectivity index (χ3n) is 3.87. The van der Waals surface area contributed by atoms with E-state index in [0.29, 0.717) is 0 Å². The molecule has 4 rings (SSSR count). The van der Waals surface area contributed by atoms with Crippen LogP contribution in [0.1, 0.15) is 5.56 Å². The van der Waals surface area contributed by atoms with Gasteiger partial charge in [-0.05, 0) is 48.4 Å². The van der Waals surface area contributed by atoms with E-state index >= 15 is 0 Å². The van der Waals surface area contributed by atoms with Crippen LogP contribution in [0, 0.1) is 6.92 Å². The number of imidazole rings is 1. The van der Waals surface area contributed by atoms with Gasteiger partial charge in [0.05, 0.1) is 17.4 Å². The Labute approximate surface area is 127 Å². The van der Waals surface area contributed by atoms with E-state index in [1.54, 1.807) is 12.4 Å². The molecule has 0 spiro atoms. The normalized spacial score (nSPS) is 11.4. The zero-order chi connectivity index (χ0) is 15.3. The lowest BCUT2D eigenvalue weighted by Crippen LogP contribution is -1.89. The largest absolute Gasteiger partial charge is 0.457 e. The summed E-state index contributed by atoms with van der Waals surface area (Å²) in [5, 5.41) is 0. The molecule has 1 heterocycles. The van der Waals surface area contributed by atoms with E-state index in [4.69, 9.17) is 4.74 Å². The van der Waals surface area contributed by atoms with E-state index in [2.05, 4.69) is 4.98 Å². The van der Waals surface area contributed by atoms with E-state index in [-0.39, 0.29) is 5.43 Å². The van der Waals surface area contributed by atoms with E-state index in [1.807, 2.05) is 54.9 Å². The molecule has 0 radical (unpaired) electrons. The third kappa shape index (κ3) is 2.09. The van der Waals surface area contributed by atoms with Gasteiger partial charge in [-0.2, -0.15) is 0 Å². The molecule has 108 valence electrons. The molecule has 3 aromatic carbocycles. The molecule has 0 atom stereocenters. The van der Waals surface area contributed by atoms with Gasteiger partial charge in [-0.1, -0.05) is 6.07 Å². The molecule has 4 aromatic rings. The van der Waals surface area contributed by atoms with E-state index in [1.165, 1.54) is 0 Å². The van der Waals surface area contributed by atoms with Crippen molar-refractivity contribution in [1.29, 1.82) is 0 Å². The maximum atomic E-state index is 11.2. The summed E-state index contributed by atoms with van der Waals surface area (Å²) in [7, 11) is 1.96. The molecule has 0 unspecified atom stereocenters. The molecule has 4 heteroatoms. The summed E-state index contributed by atoms with van der Waals surface area (Å²) in [5.41, 5.74) is 4.84. The number of nitrogens with zero attached hydrogens (tertiary/aromatic N) is 2. The van der Waals surface area contributed by atoms with Crippen molar-refractivity contribution in [3.8, 4) is 22.6 Å². The number of rotatable bonds is 3. The van der Waals surface area contributed by atoms with Crippen LogP contribution < -0.4 is 10.2 Å². The van der Waals surface area contributed by atoms with Crippen LogP contribution in [0.25, 0.3) is 22.2 Å². The van der Waals surface area contributed by atoms with E-state index in [0.717, 1.165) is 39.2 Å². The molecule has 0 aliphatic heterocycles. The zero-order valence-corrected chi connectivity index (χ0v) is 12.3. The van der Waals surface area contributed by atoms with Crippen LogP contribution >= 0.6 is 0 Å². The molecule has 0 saturated carbocycles. The highest BCUT2D eigenvalue weighted by Gasteiger charge is 2.12. The predicted octanol–water partition coefficient (Wildman–Crippen LogP) is 3.58. The monoisotopic (exact) mass is 290 g/mol. The highest BCUT2D eigenvalue weighted by Crippen LogP contribution is 2.30. The summed E-state index contributed by atoms with van der Waals surface area (Å²) in [6.45, 7) is 1.98. The van der Waals surface area contributed by atoms with Crippen molar-refractivity contribution in [2.75, 3.05) is 0 Å². The lowest BCUT2D eigenvalue weighted by molar-refractivity contribution is 0.479. The van der Waals surface area contributed by atoms with E-state index < -0.39 is 0 Å². The van der Waals surface area contributed by atoms with Gasteiger partial charge in [-0.15, -0.1) is 0 Å². The Morgan fingerprint density at radius 2 is 1.91 bits per heavy atom. The van der Waals surface area contributed by atoms with Gasteiger partial charge in [-0.25, -0.2) is 4.98 Å². The fraction of sp³-hybridized carbons (Fsp3) is 0.111. The average Bonchev–Trinajstić information content (AvgIpc) is 3.13. The lowest BCUT2D eigenvalue weighted by atomic mass is 10.1. The molecular weight excluding hydrogens is 276 g/mol. The smallest absolute Gasteiger partial charge is 0.187 e. The van der Waals surface area contributed by atoms with Crippen LogP contribution in [0.4, 0.5) is 0 Å². The number of aryl methyl sites for hydroxylation is 2. The Kier molecular flexibility index (Phi) is 2.66. The van der Waals surface area contributed by atoms with Crippen LogP contribution in [0.5, 0.6) is 11.5 Å². The fourth-order valence-electron chi connectivity index (χ4n) is 2.56. The van der Waals surface area contributed by atoms with Crippen LogP contribution in [-0.4, -0.2) is 9.55 Å². The van der Waals surface area contributed by atoms with Gasteiger partial charge in [0.2, 0.25) is 0 Å². The second-order valence-electron chi connectivity index (χ2n) is 5.51. The highest BCUT2D eigenvalue weighted by atomic mass is 16.5. The van der Waals surface area contributed by atoms with Crippen LogP contribution in [0.2, 0.25) is 0 Å². The second kappa shape index (κ2) is 4.56. The molecule has 0 aliphatic rings. The molecular formula is C18H14N2O2. The van der Waals surface area contributed by atoms with Gasteiger partial charge < -0.3 is 9.30 Å². The quantitative estimate of drug-likeness (QED) is 0.579. The Balaban J connectivity index is 1.65. The van der Waals surface area contributed by atoms with Gasteiger partial charge >= 0.3 is 0 Å². The third-order valence-corrected chi connectivity index (χ3v) is 3.87. The van der Waals surface area contributed by atoms with Gasteiger partial charge in [0.1, 0.15) is 11.5 Å². The molecule has 22 heavy (non-hydrogen) atoms. The highest BCUT2D eigenvalue weighted by molar-refractivity contribution is 5.77. The first-order chi connectivity index (χ1) is 10.6. The zero-order valence-electron chi connectivity index (χ0n) is 12.3. The molecule has 0 amide bonds. The number of aromatic nitrogens is 2. The first-order valence-electron chi connectivity index (χ1n) is 7.08. The fourth-order valence-corrected chi connectivity index (χ4v) is 2.56. The summed E-state index contributed by atoms with van der Waals surface area (Å²) in [4.78, 5) is 15.5. The molecule has 0 N–H and O–H groups in total. The summed E-state index contributed by atoms with van der Waals surface area (Å²) >= 11 is 0. The van der Waals surface area contributed by atoms with Crippen molar-refractivity contribution in [2.45, 2.75) is 6.92 Å². The van der Waals surface area contributed by atoms with Gasteiger partial charge in [0.15, 0.2) is 5.43 Å². The number of hydrogen-bond donors (Lipinski definition) is 0. The van der Waals surface area contributed by atoms with Gasteiger partial charge in [0.25, 0.3) is 0 Å². The molecule has 0 aliphatic carbocycles. The summed E-state index contributed by atoms with van der Waals surface area (Å²) in [6, 6.07) is 13.3. The van der Waals surface area contributed by atoms with Gasteiger partial charge in [-0.3, -0.25) is 4.79 Å². The van der Waals surface area contributed by atoms with Crippen LogP contribution in [0.3, 0.4) is 0 Å². The van der Waals surface area contributed by atoms with Crippen molar-refractivity contribution in [3.63, 3.8) is 0 Å². The van der Waals surface area contributed by atoms with E-state index in [9.17, 15) is 4.79 Å². The molecule has 0 saturated heterocycles. The first kappa shape index (κ1) is 12.8. The number of ether oxygens (including phenoxy) is 1. The predicted molar refractivity (Wildman–Crippen MR) is 86.0 cm³/mol. The SMILES string of the molecule is Cc1cc(-c2cc2=O)ccc1Oc1ccc2c(c1)ncn2C. The van der Waals surface area contributed by atoms with Crippen molar-refractivity contribution in [1.82, 2.24) is 9.55 Å². The Bertz CT molecular complexity index is 1000. The minimum Gasteiger partial charge on any atom is -0.457 e. The summed E-state index contributed by atoms with van der Waals surface area (Å²) < 4.78 is 7.93. The number of fused-ring (bicyclic) bond motifs is 1. The van der Waals surface area contributed by atoms with Crippen LogP contribution in [0.15, 0.2) is 53.6 Å². The molecule has 1 aromatic heterocycles. The number of hydrogen-bond acceptors (Lipinski definition) is 3. The van der Waals surface area contributed by atoms with Gasteiger partial charge in [0, 0.05) is 18.7 Å². The summed E-state index contributed by atoms with van der Waals surface area (Å²) in [5.74, 6) is 1.54. The Hall–Kier alpha value is -2.88. The minimum atomic E-state index is 0.119. The van der Waals surface area contributed by atoms with Crippen molar-refractivity contribution < 1.29 is 4.74 Å². The van der Waals surface area contributed by atoms with Crippen molar-refractivity contribution >= 4 is 11.0 Å². The lowest BCUT2D eigenvalue weighted by Gasteiger charge is -2.09. The van der Waals surface area contributed by atoms with Crippen molar-refractivity contribution in [3.05, 3.63) is 64.6 Å².